The van der Waals surface area contributed by atoms with Gasteiger partial charge in [0.25, 0.3) is 22.2 Å². The van der Waals surface area contributed by atoms with Crippen LogP contribution in [0.15, 0.2) is 92.0 Å². The molecule has 0 aliphatic rings. The van der Waals surface area contributed by atoms with Gasteiger partial charge in [-0.15, -0.1) is 0 Å². The highest BCUT2D eigenvalue weighted by Crippen LogP contribution is 2.22. The van der Waals surface area contributed by atoms with Gasteiger partial charge in [-0.1, -0.05) is 48.5 Å². The molecule has 0 saturated carbocycles. The average Bonchev–Trinajstić information content (AvgIpc) is 3.36. The van der Waals surface area contributed by atoms with Gasteiger partial charge in [0, 0.05) is 14.2 Å². The van der Waals surface area contributed by atoms with Gasteiger partial charge in [-0.3, -0.25) is 37.9 Å². The van der Waals surface area contributed by atoms with Crippen LogP contribution in [0.4, 0.5) is 0 Å². The minimum atomic E-state index is -1.39. The summed E-state index contributed by atoms with van der Waals surface area (Å²) in [6.45, 7) is -1.69. The number of hydrogen-bond acceptors (Lipinski definition) is 8. The van der Waals surface area contributed by atoms with Crippen molar-refractivity contribution >= 4 is 55.0 Å². The van der Waals surface area contributed by atoms with Crippen molar-refractivity contribution in [2.24, 2.45) is 0 Å². The number of fused-ring (bicyclic) bond motifs is 4. The van der Waals surface area contributed by atoms with Crippen LogP contribution >= 0.6 is 0 Å². The van der Waals surface area contributed by atoms with E-state index < -0.39 is 47.3 Å². The molecule has 6 rings (SSSR count). The normalized spacial score (nSPS) is 10.4. The van der Waals surface area contributed by atoms with E-state index in [1.54, 1.807) is 0 Å². The Morgan fingerprint density at radius 1 is 0.500 bits per heavy atom. The first-order valence-corrected chi connectivity index (χ1v) is 12.3. The number of aromatic nitrogens is 2. The highest BCUT2D eigenvalue weighted by molar-refractivity contribution is 5.99. The number of hydrogen-bond donors (Lipinski definition) is 4. The number of aliphatic hydroxyl groups excluding tert-OH is 2. The summed E-state index contributed by atoms with van der Waals surface area (Å²) in [6, 6.07) is 23.5. The van der Waals surface area contributed by atoms with Crippen molar-refractivity contribution in [2.75, 3.05) is 14.2 Å². The van der Waals surface area contributed by atoms with Crippen molar-refractivity contribution in [1.82, 2.24) is 9.13 Å². The van der Waals surface area contributed by atoms with Gasteiger partial charge in [0.05, 0.1) is 21.5 Å². The zero-order valence-corrected chi connectivity index (χ0v) is 22.5. The third kappa shape index (κ3) is 5.99. The van der Waals surface area contributed by atoms with Crippen molar-refractivity contribution in [3.63, 3.8) is 0 Å². The first-order chi connectivity index (χ1) is 20.2. The molecule has 12 heteroatoms. The minimum Gasteiger partial charge on any atom is -0.480 e. The third-order valence-electron chi connectivity index (χ3n) is 6.26. The fourth-order valence-corrected chi connectivity index (χ4v) is 4.51. The van der Waals surface area contributed by atoms with E-state index in [-0.39, 0.29) is 21.5 Å². The van der Waals surface area contributed by atoms with Gasteiger partial charge in [-0.25, -0.2) is 0 Å². The zero-order valence-electron chi connectivity index (χ0n) is 22.5. The van der Waals surface area contributed by atoms with Gasteiger partial charge >= 0.3 is 11.9 Å². The van der Waals surface area contributed by atoms with Crippen LogP contribution in [0.25, 0.3) is 43.1 Å². The van der Waals surface area contributed by atoms with Crippen LogP contribution in [0.3, 0.4) is 0 Å². The standard InChI is InChI=1S/C14H8N2O8.C14H10.2CH4O/c17-9(18)3-15-11(21)5-1-6-8(2-7(5)13(15)23)14(24)16(12(6)22)4-10(19)20;1-2-6-12-10-14-8-4-3-7-13(14)9-11(12)5-1;2*1-2/h1-2H,3-4H2,(H,17,18)(H,19,20);1-10H;2*2H,1H3. The molecule has 6 aromatic rings. The Labute approximate surface area is 235 Å². The Morgan fingerprint density at radius 3 is 0.952 bits per heavy atom. The van der Waals surface area contributed by atoms with E-state index in [1.807, 2.05) is 0 Å². The lowest BCUT2D eigenvalue weighted by atomic mass is 10.0. The molecule has 12 nitrogen and oxygen atoms in total. The summed E-state index contributed by atoms with van der Waals surface area (Å²) in [5, 5.41) is 35.9. The van der Waals surface area contributed by atoms with E-state index >= 15 is 0 Å². The Morgan fingerprint density at radius 2 is 0.738 bits per heavy atom. The molecule has 0 saturated heterocycles. The number of carbonyl (C=O) groups is 2. The molecule has 0 atom stereocenters. The number of carboxylic acid groups (broad SMARTS) is 2. The molecule has 0 amide bonds. The quantitative estimate of drug-likeness (QED) is 0.223. The second-order valence-electron chi connectivity index (χ2n) is 8.67. The molecule has 0 aliphatic heterocycles. The predicted molar refractivity (Wildman–Crippen MR) is 158 cm³/mol. The maximum atomic E-state index is 12.1. The van der Waals surface area contributed by atoms with Gasteiger partial charge in [-0.05, 0) is 45.8 Å². The molecule has 0 spiro atoms. The summed E-state index contributed by atoms with van der Waals surface area (Å²) in [5.74, 6) is -2.78. The minimum absolute atomic E-state index is 0.196. The first kappa shape index (κ1) is 31.1. The molecule has 2 heterocycles. The molecule has 2 aromatic heterocycles. The second-order valence-corrected chi connectivity index (χ2v) is 8.67. The predicted octanol–water partition coefficient (Wildman–Crippen LogP) is 1.29. The first-order valence-electron chi connectivity index (χ1n) is 12.3. The van der Waals surface area contributed by atoms with Crippen LogP contribution in [0, 0.1) is 0 Å². The molecule has 0 bridgehead atoms. The molecular weight excluding hydrogens is 548 g/mol. The number of benzene rings is 4. The lowest BCUT2D eigenvalue weighted by Gasteiger charge is -2.00. The molecule has 0 radical (unpaired) electrons. The van der Waals surface area contributed by atoms with Gasteiger partial charge in [0.1, 0.15) is 13.1 Å². The molecule has 0 unspecified atom stereocenters. The molecule has 0 fully saturated rings. The third-order valence-corrected chi connectivity index (χ3v) is 6.26. The van der Waals surface area contributed by atoms with E-state index in [0.29, 0.717) is 9.13 Å². The van der Waals surface area contributed by atoms with Crippen LogP contribution in [-0.2, 0) is 22.7 Å². The summed E-state index contributed by atoms with van der Waals surface area (Å²) in [7, 11) is 2.00. The molecule has 4 aromatic carbocycles. The summed E-state index contributed by atoms with van der Waals surface area (Å²) in [5.41, 5.74) is -3.57. The number of carboxylic acids is 2. The Balaban J connectivity index is 0.000000227. The Kier molecular flexibility index (Phi) is 9.81. The fourth-order valence-electron chi connectivity index (χ4n) is 4.51. The van der Waals surface area contributed by atoms with Crippen LogP contribution < -0.4 is 22.2 Å². The maximum Gasteiger partial charge on any atom is 0.323 e. The van der Waals surface area contributed by atoms with E-state index in [2.05, 4.69) is 60.7 Å². The second kappa shape index (κ2) is 13.3. The van der Waals surface area contributed by atoms with Gasteiger partial charge < -0.3 is 20.4 Å². The lowest BCUT2D eigenvalue weighted by Crippen LogP contribution is -2.29. The van der Waals surface area contributed by atoms with Crippen molar-refractivity contribution in [3.05, 3.63) is 114 Å². The summed E-state index contributed by atoms with van der Waals surface area (Å²) >= 11 is 0. The van der Waals surface area contributed by atoms with Crippen molar-refractivity contribution in [1.29, 1.82) is 0 Å². The van der Waals surface area contributed by atoms with Crippen molar-refractivity contribution in [2.45, 2.75) is 13.1 Å². The SMILES string of the molecule is CO.CO.O=C(O)Cn1c(=O)c2cc3c(=O)n(CC(=O)O)c(=O)c3cc2c1=O.c1ccc2cc3ccccc3cc2c1. The fraction of sp³-hybridized carbons (Fsp3) is 0.133. The van der Waals surface area contributed by atoms with Gasteiger partial charge in [0.2, 0.25) is 0 Å². The van der Waals surface area contributed by atoms with Crippen LogP contribution in [0.1, 0.15) is 0 Å². The highest BCUT2D eigenvalue weighted by atomic mass is 16.4. The van der Waals surface area contributed by atoms with E-state index in [0.717, 1.165) is 26.4 Å². The number of nitrogens with zero attached hydrogens (tertiary/aromatic N) is 2. The molecule has 42 heavy (non-hydrogen) atoms. The van der Waals surface area contributed by atoms with Crippen LogP contribution in [-0.4, -0.2) is 55.7 Å². The number of aliphatic carboxylic acids is 2. The van der Waals surface area contributed by atoms with Gasteiger partial charge in [0.15, 0.2) is 0 Å². The maximum absolute atomic E-state index is 12.1. The van der Waals surface area contributed by atoms with Crippen molar-refractivity contribution < 1.29 is 30.0 Å². The van der Waals surface area contributed by atoms with E-state index in [4.69, 9.17) is 20.4 Å². The van der Waals surface area contributed by atoms with Crippen LogP contribution in [0.2, 0.25) is 0 Å². The average molecular weight is 575 g/mol. The van der Waals surface area contributed by atoms with E-state index in [1.165, 1.54) is 21.5 Å². The van der Waals surface area contributed by atoms with Crippen molar-refractivity contribution in [3.8, 4) is 0 Å². The number of aliphatic hydroxyl groups is 2. The van der Waals surface area contributed by atoms with E-state index in [9.17, 15) is 28.8 Å². The summed E-state index contributed by atoms with van der Waals surface area (Å²) in [6.07, 6.45) is 0. The summed E-state index contributed by atoms with van der Waals surface area (Å²) in [4.78, 5) is 70.0. The topological polar surface area (TPSA) is 193 Å². The molecule has 216 valence electrons. The highest BCUT2D eigenvalue weighted by Gasteiger charge is 2.21. The molecule has 4 N–H and O–H groups in total. The largest absolute Gasteiger partial charge is 0.480 e. The molecule has 0 aliphatic carbocycles. The monoisotopic (exact) mass is 574 g/mol. The van der Waals surface area contributed by atoms with Gasteiger partial charge in [-0.2, -0.15) is 0 Å². The smallest absolute Gasteiger partial charge is 0.323 e. The number of rotatable bonds is 4. The zero-order chi connectivity index (χ0) is 31.1. The Hall–Kier alpha value is -5.46. The Bertz CT molecular complexity index is 1860. The lowest BCUT2D eigenvalue weighted by molar-refractivity contribution is -0.138. The summed E-state index contributed by atoms with van der Waals surface area (Å²) < 4.78 is 0.984. The van der Waals surface area contributed by atoms with Crippen LogP contribution in [0.5, 0.6) is 0 Å². The molecular formula is C30H26N2O10.